The average molecular weight is 301 g/mol. The topological polar surface area (TPSA) is 85.1 Å². The molecular formula is C12H19N3O2S2. The van der Waals surface area contributed by atoms with E-state index in [4.69, 9.17) is 18.0 Å². The molecule has 1 atom stereocenters. The van der Waals surface area contributed by atoms with Gasteiger partial charge in [-0.2, -0.15) is 0 Å². The minimum absolute atomic E-state index is 0.0458. The van der Waals surface area contributed by atoms with E-state index in [1.165, 1.54) is 6.26 Å². The predicted octanol–water partition coefficient (Wildman–Crippen LogP) is 1.18. The van der Waals surface area contributed by atoms with Gasteiger partial charge in [-0.05, 0) is 26.8 Å². The van der Waals surface area contributed by atoms with E-state index in [2.05, 4.69) is 10.3 Å². The van der Waals surface area contributed by atoms with Crippen molar-refractivity contribution in [2.75, 3.05) is 17.3 Å². The van der Waals surface area contributed by atoms with Crippen molar-refractivity contribution >= 4 is 32.7 Å². The Hall–Kier alpha value is -1.21. The largest absolute Gasteiger partial charge is 0.389 e. The van der Waals surface area contributed by atoms with Gasteiger partial charge in [-0.3, -0.25) is 4.98 Å². The Morgan fingerprint density at radius 2 is 2.11 bits per heavy atom. The molecule has 5 nitrogen and oxygen atoms in total. The molecule has 0 aliphatic carbocycles. The fourth-order valence-electron chi connectivity index (χ4n) is 2.01. The standard InChI is InChI=1S/C12H19N3O2S2/c1-7-5-10(11(12(13)18)9(3)14-7)15-8(2)6-19(4,16)17/h5,8H,6H2,1-4H3,(H2,13,18)(H,14,15). The third-order valence-electron chi connectivity index (χ3n) is 2.53. The van der Waals surface area contributed by atoms with E-state index in [9.17, 15) is 8.42 Å². The van der Waals surface area contributed by atoms with E-state index in [-0.39, 0.29) is 16.8 Å². The number of aromatic nitrogens is 1. The highest BCUT2D eigenvalue weighted by Gasteiger charge is 2.15. The Balaban J connectivity index is 3.10. The zero-order valence-electron chi connectivity index (χ0n) is 11.5. The number of thiocarbonyl (C=S) groups is 1. The summed E-state index contributed by atoms with van der Waals surface area (Å²) in [4.78, 5) is 4.56. The van der Waals surface area contributed by atoms with Gasteiger partial charge in [-0.15, -0.1) is 0 Å². The highest BCUT2D eigenvalue weighted by Crippen LogP contribution is 2.20. The van der Waals surface area contributed by atoms with Gasteiger partial charge in [0.15, 0.2) is 0 Å². The molecule has 1 aromatic rings. The van der Waals surface area contributed by atoms with Gasteiger partial charge in [0.25, 0.3) is 0 Å². The minimum Gasteiger partial charge on any atom is -0.389 e. The second-order valence-corrected chi connectivity index (χ2v) is 7.40. The van der Waals surface area contributed by atoms with Crippen LogP contribution in [-0.4, -0.2) is 36.4 Å². The van der Waals surface area contributed by atoms with Crippen molar-refractivity contribution in [3.05, 3.63) is 23.0 Å². The van der Waals surface area contributed by atoms with Crippen molar-refractivity contribution in [2.45, 2.75) is 26.8 Å². The lowest BCUT2D eigenvalue weighted by Crippen LogP contribution is -2.27. The number of nitrogens with zero attached hydrogens (tertiary/aromatic N) is 1. The molecule has 0 aliphatic rings. The smallest absolute Gasteiger partial charge is 0.149 e. The number of rotatable bonds is 5. The van der Waals surface area contributed by atoms with Crippen LogP contribution in [-0.2, 0) is 9.84 Å². The van der Waals surface area contributed by atoms with Crippen LogP contribution in [0.2, 0.25) is 0 Å². The lowest BCUT2D eigenvalue weighted by atomic mass is 10.1. The van der Waals surface area contributed by atoms with Crippen LogP contribution in [0.5, 0.6) is 0 Å². The van der Waals surface area contributed by atoms with Crippen LogP contribution in [0.25, 0.3) is 0 Å². The van der Waals surface area contributed by atoms with Crippen molar-refractivity contribution in [3.8, 4) is 0 Å². The third kappa shape index (κ3) is 4.76. The minimum atomic E-state index is -3.04. The zero-order valence-corrected chi connectivity index (χ0v) is 13.2. The van der Waals surface area contributed by atoms with Gasteiger partial charge in [0.1, 0.15) is 14.8 Å². The van der Waals surface area contributed by atoms with Crippen LogP contribution in [0.4, 0.5) is 5.69 Å². The molecule has 0 aliphatic heterocycles. The third-order valence-corrected chi connectivity index (χ3v) is 3.84. The summed E-state index contributed by atoms with van der Waals surface area (Å²) in [5.74, 6) is 0.0458. The summed E-state index contributed by atoms with van der Waals surface area (Å²) in [6.45, 7) is 5.49. The highest BCUT2D eigenvalue weighted by molar-refractivity contribution is 7.90. The van der Waals surface area contributed by atoms with Crippen LogP contribution < -0.4 is 11.1 Å². The van der Waals surface area contributed by atoms with E-state index in [1.807, 2.05) is 19.9 Å². The van der Waals surface area contributed by atoms with Crippen molar-refractivity contribution in [1.82, 2.24) is 4.98 Å². The number of hydrogen-bond acceptors (Lipinski definition) is 5. The number of hydrogen-bond donors (Lipinski definition) is 2. The first-order chi connectivity index (χ1) is 8.60. The van der Waals surface area contributed by atoms with Crippen molar-refractivity contribution < 1.29 is 8.42 Å². The monoisotopic (exact) mass is 301 g/mol. The number of sulfone groups is 1. The lowest BCUT2D eigenvalue weighted by molar-refractivity contribution is 0.598. The molecule has 0 fully saturated rings. The fourth-order valence-corrected chi connectivity index (χ4v) is 3.26. The molecule has 0 saturated carbocycles. The number of aryl methyl sites for hydroxylation is 2. The lowest BCUT2D eigenvalue weighted by Gasteiger charge is -2.18. The molecule has 0 saturated heterocycles. The molecular weight excluding hydrogens is 282 g/mol. The summed E-state index contributed by atoms with van der Waals surface area (Å²) in [5, 5.41) is 3.14. The van der Waals surface area contributed by atoms with Crippen LogP contribution in [0, 0.1) is 13.8 Å². The molecule has 3 N–H and O–H groups in total. The number of anilines is 1. The van der Waals surface area contributed by atoms with Gasteiger partial charge < -0.3 is 11.1 Å². The number of nitrogens with one attached hydrogen (secondary N) is 1. The van der Waals surface area contributed by atoms with E-state index < -0.39 is 9.84 Å². The molecule has 7 heteroatoms. The Labute approximate surface area is 119 Å². The van der Waals surface area contributed by atoms with Gasteiger partial charge in [0, 0.05) is 29.4 Å². The van der Waals surface area contributed by atoms with Crippen LogP contribution >= 0.6 is 12.2 Å². The second-order valence-electron chi connectivity index (χ2n) is 4.77. The summed E-state index contributed by atoms with van der Waals surface area (Å²) in [6, 6.07) is 1.59. The van der Waals surface area contributed by atoms with Crippen LogP contribution in [0.15, 0.2) is 6.07 Å². The Kier molecular flexibility index (Phi) is 4.86. The number of pyridine rings is 1. The molecule has 106 valence electrons. The summed E-state index contributed by atoms with van der Waals surface area (Å²) in [7, 11) is -3.04. The molecule has 0 spiro atoms. The Bertz CT molecular complexity index is 597. The SMILES string of the molecule is Cc1cc(NC(C)CS(C)(=O)=O)c(C(N)=S)c(C)n1. The molecule has 0 aromatic carbocycles. The van der Waals surface area contributed by atoms with E-state index in [0.29, 0.717) is 5.56 Å². The summed E-state index contributed by atoms with van der Waals surface area (Å²) >= 11 is 5.02. The second kappa shape index (κ2) is 5.83. The van der Waals surface area contributed by atoms with E-state index in [1.54, 1.807) is 6.92 Å². The molecule has 0 radical (unpaired) electrons. The first-order valence-corrected chi connectivity index (χ1v) is 8.29. The first-order valence-electron chi connectivity index (χ1n) is 5.82. The molecule has 0 amide bonds. The molecule has 1 aromatic heterocycles. The van der Waals surface area contributed by atoms with Gasteiger partial charge >= 0.3 is 0 Å². The Morgan fingerprint density at radius 3 is 2.58 bits per heavy atom. The Morgan fingerprint density at radius 1 is 1.53 bits per heavy atom. The van der Waals surface area contributed by atoms with E-state index in [0.717, 1.165) is 17.1 Å². The molecule has 1 heterocycles. The maximum atomic E-state index is 11.3. The first kappa shape index (κ1) is 15.8. The predicted molar refractivity (Wildman–Crippen MR) is 82.4 cm³/mol. The quantitative estimate of drug-likeness (QED) is 0.794. The zero-order chi connectivity index (χ0) is 14.8. The average Bonchev–Trinajstić information content (AvgIpc) is 2.10. The fraction of sp³-hybridized carbons (Fsp3) is 0.500. The normalized spacial score (nSPS) is 13.1. The van der Waals surface area contributed by atoms with Gasteiger partial charge in [-0.1, -0.05) is 12.2 Å². The molecule has 1 rings (SSSR count). The summed E-state index contributed by atoms with van der Waals surface area (Å²) < 4.78 is 22.6. The highest BCUT2D eigenvalue weighted by atomic mass is 32.2. The van der Waals surface area contributed by atoms with E-state index >= 15 is 0 Å². The van der Waals surface area contributed by atoms with Crippen molar-refractivity contribution in [3.63, 3.8) is 0 Å². The molecule has 19 heavy (non-hydrogen) atoms. The van der Waals surface area contributed by atoms with Crippen LogP contribution in [0.3, 0.4) is 0 Å². The molecule has 1 unspecified atom stereocenters. The summed E-state index contributed by atoms with van der Waals surface area (Å²) in [5.41, 5.74) is 8.66. The summed E-state index contributed by atoms with van der Waals surface area (Å²) in [6.07, 6.45) is 1.21. The maximum Gasteiger partial charge on any atom is 0.149 e. The van der Waals surface area contributed by atoms with Crippen molar-refractivity contribution in [1.29, 1.82) is 0 Å². The maximum absolute atomic E-state index is 11.3. The van der Waals surface area contributed by atoms with Gasteiger partial charge in [0.05, 0.1) is 11.3 Å². The van der Waals surface area contributed by atoms with Crippen LogP contribution in [0.1, 0.15) is 23.9 Å². The number of nitrogens with two attached hydrogens (primary N) is 1. The molecule has 0 bridgehead atoms. The van der Waals surface area contributed by atoms with Crippen molar-refractivity contribution in [2.24, 2.45) is 5.73 Å². The van der Waals surface area contributed by atoms with Gasteiger partial charge in [-0.25, -0.2) is 8.42 Å². The van der Waals surface area contributed by atoms with Gasteiger partial charge in [0.2, 0.25) is 0 Å².